The van der Waals surface area contributed by atoms with E-state index in [1.807, 2.05) is 0 Å². The van der Waals surface area contributed by atoms with Crippen LogP contribution in [0.4, 0.5) is 15.6 Å². The van der Waals surface area contributed by atoms with Gasteiger partial charge in [0.1, 0.15) is 0 Å². The molecule has 2 rings (SSSR count). The third-order valence-electron chi connectivity index (χ3n) is 2.21. The fourth-order valence-corrected chi connectivity index (χ4v) is 2.28. The van der Waals surface area contributed by atoms with Gasteiger partial charge in [-0.05, 0) is 6.07 Å². The van der Waals surface area contributed by atoms with Gasteiger partial charge in [-0.1, -0.05) is 17.4 Å². The highest BCUT2D eigenvalue weighted by atomic mass is 32.1. The Morgan fingerprint density at radius 1 is 1.58 bits per heavy atom. The zero-order valence-corrected chi connectivity index (χ0v) is 10.6. The van der Waals surface area contributed by atoms with Crippen LogP contribution < -0.4 is 10.6 Å². The van der Waals surface area contributed by atoms with Gasteiger partial charge in [-0.2, -0.15) is 0 Å². The number of fused-ring (bicyclic) bond motifs is 1. The number of hydrogen-bond donors (Lipinski definition) is 2. The third kappa shape index (κ3) is 3.05. The van der Waals surface area contributed by atoms with E-state index in [4.69, 9.17) is 0 Å². The lowest BCUT2D eigenvalue weighted by Gasteiger charge is -2.00. The van der Waals surface area contributed by atoms with Crippen molar-refractivity contribution >= 4 is 38.4 Å². The average molecular weight is 278 g/mol. The second kappa shape index (κ2) is 5.44. The molecule has 0 saturated carbocycles. The number of nitrogens with zero attached hydrogens (tertiary/aromatic N) is 2. The first-order chi connectivity index (χ1) is 9.10. The van der Waals surface area contributed by atoms with E-state index >= 15 is 0 Å². The van der Waals surface area contributed by atoms with E-state index in [0.29, 0.717) is 21.9 Å². The van der Waals surface area contributed by atoms with Gasteiger partial charge in [0.2, 0.25) is 0 Å². The molecule has 0 spiro atoms. The summed E-state index contributed by atoms with van der Waals surface area (Å²) in [6.07, 6.45) is 1.56. The van der Waals surface area contributed by atoms with Gasteiger partial charge in [-0.15, -0.1) is 6.58 Å². The minimum absolute atomic E-state index is 0.00110. The Morgan fingerprint density at radius 3 is 3.05 bits per heavy atom. The number of nitrogens with one attached hydrogen (secondary N) is 2. The van der Waals surface area contributed by atoms with Gasteiger partial charge in [0.25, 0.3) is 5.69 Å². The lowest BCUT2D eigenvalue weighted by Crippen LogP contribution is -2.28. The molecule has 8 heteroatoms. The number of non-ortho nitro benzene ring substituents is 1. The van der Waals surface area contributed by atoms with Crippen molar-refractivity contribution in [3.8, 4) is 0 Å². The molecule has 2 aromatic rings. The smallest absolute Gasteiger partial charge is 0.321 e. The van der Waals surface area contributed by atoms with Gasteiger partial charge in [0.05, 0.1) is 15.1 Å². The third-order valence-corrected chi connectivity index (χ3v) is 3.14. The maximum atomic E-state index is 11.4. The number of aromatic nitrogens is 1. The summed E-state index contributed by atoms with van der Waals surface area (Å²) in [5.74, 6) is 0. The van der Waals surface area contributed by atoms with Crippen LogP contribution in [0.2, 0.25) is 0 Å². The minimum Gasteiger partial charge on any atom is -0.334 e. The van der Waals surface area contributed by atoms with Crippen molar-refractivity contribution in [2.75, 3.05) is 11.9 Å². The van der Waals surface area contributed by atoms with Gasteiger partial charge >= 0.3 is 6.03 Å². The predicted molar refractivity (Wildman–Crippen MR) is 73.5 cm³/mol. The average Bonchev–Trinajstić information content (AvgIpc) is 2.77. The molecule has 0 saturated heterocycles. The van der Waals surface area contributed by atoms with Gasteiger partial charge in [0.15, 0.2) is 5.13 Å². The molecule has 0 bridgehead atoms. The van der Waals surface area contributed by atoms with Crippen LogP contribution in [-0.2, 0) is 0 Å². The number of carbonyl (C=O) groups excluding carboxylic acids is 1. The molecular formula is C11H10N4O3S. The molecule has 0 aliphatic rings. The van der Waals surface area contributed by atoms with Crippen molar-refractivity contribution in [2.24, 2.45) is 0 Å². The number of benzene rings is 1. The topological polar surface area (TPSA) is 97.2 Å². The van der Waals surface area contributed by atoms with Crippen LogP contribution in [0.5, 0.6) is 0 Å². The molecule has 1 heterocycles. The van der Waals surface area contributed by atoms with Crippen LogP contribution in [0, 0.1) is 10.1 Å². The van der Waals surface area contributed by atoms with Crippen LogP contribution in [0.15, 0.2) is 30.9 Å². The Bertz CT molecular complexity index is 652. The van der Waals surface area contributed by atoms with Crippen molar-refractivity contribution in [3.05, 3.63) is 41.0 Å². The quantitative estimate of drug-likeness (QED) is 0.510. The maximum absolute atomic E-state index is 11.4. The zero-order valence-electron chi connectivity index (χ0n) is 9.75. The minimum atomic E-state index is -0.469. The number of anilines is 1. The van der Waals surface area contributed by atoms with Crippen molar-refractivity contribution in [1.82, 2.24) is 10.3 Å². The lowest BCUT2D eigenvalue weighted by molar-refractivity contribution is -0.384. The van der Waals surface area contributed by atoms with E-state index in [-0.39, 0.29) is 5.69 Å². The summed E-state index contributed by atoms with van der Waals surface area (Å²) in [6.45, 7) is 3.83. The molecule has 0 unspecified atom stereocenters. The van der Waals surface area contributed by atoms with Crippen molar-refractivity contribution < 1.29 is 9.72 Å². The Kier molecular flexibility index (Phi) is 3.71. The Balaban J connectivity index is 2.19. The standard InChI is InChI=1S/C11H10N4O3S/c1-2-5-12-10(16)14-11-13-8-4-3-7(15(17)18)6-9(8)19-11/h2-4,6H,1,5H2,(H2,12,13,14,16). The lowest BCUT2D eigenvalue weighted by atomic mass is 10.3. The predicted octanol–water partition coefficient (Wildman–Crippen LogP) is 2.51. The molecule has 0 atom stereocenters. The molecule has 1 aromatic carbocycles. The van der Waals surface area contributed by atoms with Gasteiger partial charge in [-0.25, -0.2) is 9.78 Å². The molecule has 2 amide bonds. The number of carbonyl (C=O) groups is 1. The molecule has 1 aromatic heterocycles. The fraction of sp³-hybridized carbons (Fsp3) is 0.0909. The van der Waals surface area contributed by atoms with Crippen molar-refractivity contribution in [3.63, 3.8) is 0 Å². The summed E-state index contributed by atoms with van der Waals surface area (Å²) in [4.78, 5) is 25.8. The summed E-state index contributed by atoms with van der Waals surface area (Å²) in [6, 6.07) is 3.97. The molecule has 7 nitrogen and oxygen atoms in total. The maximum Gasteiger partial charge on any atom is 0.321 e. The number of thiazole rings is 1. The van der Waals surface area contributed by atoms with Crippen LogP contribution in [-0.4, -0.2) is 22.5 Å². The summed E-state index contributed by atoms with van der Waals surface area (Å²) in [5.41, 5.74) is 0.605. The van der Waals surface area contributed by atoms with Gasteiger partial charge in [0, 0.05) is 18.7 Å². The van der Waals surface area contributed by atoms with Crippen molar-refractivity contribution in [1.29, 1.82) is 0 Å². The highest BCUT2D eigenvalue weighted by Gasteiger charge is 2.11. The first-order valence-corrected chi connectivity index (χ1v) is 6.12. The Hall–Kier alpha value is -2.48. The number of rotatable bonds is 4. The fourth-order valence-electron chi connectivity index (χ4n) is 1.39. The monoisotopic (exact) mass is 278 g/mol. The summed E-state index contributed by atoms with van der Waals surface area (Å²) in [7, 11) is 0. The second-order valence-corrected chi connectivity index (χ2v) is 4.58. The molecule has 0 radical (unpaired) electrons. The second-order valence-electron chi connectivity index (χ2n) is 3.55. The molecule has 0 aliphatic heterocycles. The molecule has 19 heavy (non-hydrogen) atoms. The first kappa shape index (κ1) is 13.0. The van der Waals surface area contributed by atoms with E-state index in [0.717, 1.165) is 0 Å². The first-order valence-electron chi connectivity index (χ1n) is 5.31. The van der Waals surface area contributed by atoms with Gasteiger partial charge < -0.3 is 5.32 Å². The number of hydrogen-bond acceptors (Lipinski definition) is 5. The Morgan fingerprint density at radius 2 is 2.37 bits per heavy atom. The van der Waals surface area contributed by atoms with Crippen LogP contribution >= 0.6 is 11.3 Å². The SMILES string of the molecule is C=CCNC(=O)Nc1nc2ccc([N+](=O)[O-])cc2s1. The van der Waals surface area contributed by atoms with E-state index in [1.54, 1.807) is 12.1 Å². The van der Waals surface area contributed by atoms with E-state index < -0.39 is 11.0 Å². The number of amides is 2. The normalized spacial score (nSPS) is 10.1. The number of urea groups is 1. The van der Waals surface area contributed by atoms with E-state index in [9.17, 15) is 14.9 Å². The van der Waals surface area contributed by atoms with Crippen LogP contribution in [0.3, 0.4) is 0 Å². The highest BCUT2D eigenvalue weighted by molar-refractivity contribution is 7.22. The molecule has 0 aliphatic carbocycles. The zero-order chi connectivity index (χ0) is 13.8. The largest absolute Gasteiger partial charge is 0.334 e. The highest BCUT2D eigenvalue weighted by Crippen LogP contribution is 2.28. The molecule has 98 valence electrons. The van der Waals surface area contributed by atoms with Gasteiger partial charge in [-0.3, -0.25) is 15.4 Å². The number of nitro groups is 1. The summed E-state index contributed by atoms with van der Waals surface area (Å²) >= 11 is 1.18. The van der Waals surface area contributed by atoms with E-state index in [1.165, 1.54) is 23.5 Å². The molecule has 2 N–H and O–H groups in total. The van der Waals surface area contributed by atoms with Crippen LogP contribution in [0.25, 0.3) is 10.2 Å². The molecule has 0 fully saturated rings. The summed E-state index contributed by atoms with van der Waals surface area (Å²) in [5, 5.41) is 16.1. The summed E-state index contributed by atoms with van der Waals surface area (Å²) < 4.78 is 0.647. The van der Waals surface area contributed by atoms with Crippen molar-refractivity contribution in [2.45, 2.75) is 0 Å². The van der Waals surface area contributed by atoms with Crippen LogP contribution in [0.1, 0.15) is 0 Å². The Labute approximate surface area is 112 Å². The van der Waals surface area contributed by atoms with E-state index in [2.05, 4.69) is 22.2 Å². The number of nitro benzene ring substituents is 1. The molecular weight excluding hydrogens is 268 g/mol.